The molecular formula is C30H28F6N4O4S. The third-order valence-corrected chi connectivity index (χ3v) is 8.08. The molecule has 45 heavy (non-hydrogen) atoms. The van der Waals surface area contributed by atoms with Crippen LogP contribution in [0.25, 0.3) is 0 Å². The molecule has 2 fully saturated rings. The predicted octanol–water partition coefficient (Wildman–Crippen LogP) is 5.93. The Balaban J connectivity index is 1.28. The quantitative estimate of drug-likeness (QED) is 0.242. The molecule has 0 radical (unpaired) electrons. The average Bonchev–Trinajstić information content (AvgIpc) is 3.65. The number of anilines is 2. The number of benzene rings is 2. The van der Waals surface area contributed by atoms with E-state index in [4.69, 9.17) is 0 Å². The van der Waals surface area contributed by atoms with Crippen LogP contribution in [0.3, 0.4) is 0 Å². The molecule has 240 valence electrons. The highest BCUT2D eigenvalue weighted by atomic mass is 32.2. The van der Waals surface area contributed by atoms with Gasteiger partial charge in [0.2, 0.25) is 11.8 Å². The number of likely N-dealkylation sites (tertiary alicyclic amines) is 2. The van der Waals surface area contributed by atoms with E-state index in [-0.39, 0.29) is 0 Å². The number of hydrogen-bond donors (Lipinski definition) is 2. The van der Waals surface area contributed by atoms with Crippen molar-refractivity contribution in [3.63, 3.8) is 0 Å². The van der Waals surface area contributed by atoms with Gasteiger partial charge >= 0.3 is 12.4 Å². The van der Waals surface area contributed by atoms with Crippen molar-refractivity contribution in [3.8, 4) is 0 Å². The fourth-order valence-corrected chi connectivity index (χ4v) is 5.63. The van der Waals surface area contributed by atoms with Crippen LogP contribution in [0.4, 0.5) is 37.7 Å². The third-order valence-electron chi connectivity index (χ3n) is 7.07. The van der Waals surface area contributed by atoms with Crippen LogP contribution in [0.15, 0.2) is 82.9 Å². The molecule has 8 nitrogen and oxygen atoms in total. The lowest BCUT2D eigenvalue weighted by Gasteiger charge is -2.22. The minimum absolute atomic E-state index is 0.349. The standard InChI is InChI=1S/C30H28F6N4O4S/c31-29(32,33)25(41)13-17-39-15-1-3-23(39)27(43)37-19-5-9-21(10-6-19)45-22-11-7-20(8-12-22)38-28(44)24-4-2-16-40(24)18-14-26(42)30(34,35)36/h5-14,17-18,23-24H,1-4,15-16H2,(H,37,43)(H,38,44)/b17-13+,18-14+. The summed E-state index contributed by atoms with van der Waals surface area (Å²) in [5.41, 5.74) is 0.978. The molecule has 0 aromatic heterocycles. The molecule has 15 heteroatoms. The van der Waals surface area contributed by atoms with Crippen molar-refractivity contribution in [2.45, 2.75) is 59.9 Å². The fourth-order valence-electron chi connectivity index (χ4n) is 4.81. The van der Waals surface area contributed by atoms with Crippen molar-refractivity contribution in [1.29, 1.82) is 0 Å². The van der Waals surface area contributed by atoms with Crippen LogP contribution in [0.2, 0.25) is 0 Å². The smallest absolute Gasteiger partial charge is 0.365 e. The number of halogens is 6. The van der Waals surface area contributed by atoms with Gasteiger partial charge in [-0.15, -0.1) is 0 Å². The number of nitrogens with zero attached hydrogens (tertiary/aromatic N) is 2. The summed E-state index contributed by atoms with van der Waals surface area (Å²) in [6.45, 7) is 0.698. The van der Waals surface area contributed by atoms with E-state index in [0.717, 1.165) is 22.2 Å². The first-order chi connectivity index (χ1) is 21.2. The molecule has 0 spiro atoms. The Morgan fingerprint density at radius 2 is 1.00 bits per heavy atom. The zero-order chi connectivity index (χ0) is 32.8. The Morgan fingerprint density at radius 1 is 0.644 bits per heavy atom. The van der Waals surface area contributed by atoms with E-state index in [1.807, 2.05) is 0 Å². The van der Waals surface area contributed by atoms with Gasteiger partial charge in [0.05, 0.1) is 0 Å². The molecule has 2 aromatic carbocycles. The number of carbonyl (C=O) groups excluding carboxylic acids is 4. The molecule has 2 N–H and O–H groups in total. The van der Waals surface area contributed by atoms with E-state index < -0.39 is 47.8 Å². The van der Waals surface area contributed by atoms with Crippen molar-refractivity contribution in [1.82, 2.24) is 9.80 Å². The number of alkyl halides is 6. The number of amides is 2. The molecule has 2 unspecified atom stereocenters. The molecule has 2 heterocycles. The Bertz CT molecular complexity index is 1350. The Labute approximate surface area is 258 Å². The predicted molar refractivity (Wildman–Crippen MR) is 154 cm³/mol. The summed E-state index contributed by atoms with van der Waals surface area (Å²) >= 11 is 1.41. The molecule has 2 aromatic rings. The summed E-state index contributed by atoms with van der Waals surface area (Å²) in [6.07, 6.45) is -5.04. The van der Waals surface area contributed by atoms with E-state index in [2.05, 4.69) is 10.6 Å². The minimum atomic E-state index is -4.97. The molecule has 0 aliphatic carbocycles. The SMILES string of the molecule is O=C(Nc1ccc(Sc2ccc(NC(=O)C3CCCN3/C=C/C(=O)C(F)(F)F)cc2)cc1)C1CCCN1/C=C/C(=O)C(F)(F)F. The second-order valence-electron chi connectivity index (χ2n) is 10.3. The third kappa shape index (κ3) is 9.36. The fraction of sp³-hybridized carbons (Fsp3) is 0.333. The van der Waals surface area contributed by atoms with Gasteiger partial charge in [-0.3, -0.25) is 19.2 Å². The summed E-state index contributed by atoms with van der Waals surface area (Å²) in [7, 11) is 0. The van der Waals surface area contributed by atoms with Crippen molar-refractivity contribution < 1.29 is 45.5 Å². The summed E-state index contributed by atoms with van der Waals surface area (Å²) in [4.78, 5) is 52.3. The van der Waals surface area contributed by atoms with Gasteiger partial charge in [0.15, 0.2) is 0 Å². The maximum absolute atomic E-state index is 12.8. The molecule has 2 saturated heterocycles. The lowest BCUT2D eigenvalue weighted by atomic mass is 10.2. The lowest BCUT2D eigenvalue weighted by molar-refractivity contribution is -0.165. The van der Waals surface area contributed by atoms with E-state index in [1.165, 1.54) is 21.6 Å². The van der Waals surface area contributed by atoms with Crippen LogP contribution in [0, 0.1) is 0 Å². The maximum Gasteiger partial charge on any atom is 0.454 e. The number of nitrogens with one attached hydrogen (secondary N) is 2. The van der Waals surface area contributed by atoms with Gasteiger partial charge in [-0.05, 0) is 74.2 Å². The molecule has 2 aliphatic rings. The van der Waals surface area contributed by atoms with Crippen LogP contribution in [0.5, 0.6) is 0 Å². The van der Waals surface area contributed by atoms with E-state index in [1.54, 1.807) is 48.5 Å². The van der Waals surface area contributed by atoms with Gasteiger partial charge in [-0.1, -0.05) is 11.8 Å². The Morgan fingerprint density at radius 3 is 1.33 bits per heavy atom. The molecule has 4 rings (SSSR count). The van der Waals surface area contributed by atoms with Gasteiger partial charge < -0.3 is 20.4 Å². The monoisotopic (exact) mass is 654 g/mol. The van der Waals surface area contributed by atoms with Gasteiger partial charge in [-0.25, -0.2) is 0 Å². The van der Waals surface area contributed by atoms with Crippen LogP contribution < -0.4 is 10.6 Å². The molecule has 2 aliphatic heterocycles. The maximum atomic E-state index is 12.8. The molecule has 2 amide bonds. The highest BCUT2D eigenvalue weighted by Crippen LogP contribution is 2.30. The van der Waals surface area contributed by atoms with Crippen LogP contribution in [-0.2, 0) is 19.2 Å². The van der Waals surface area contributed by atoms with Crippen molar-refractivity contribution >= 4 is 46.5 Å². The summed E-state index contributed by atoms with van der Waals surface area (Å²) < 4.78 is 74.9. The first-order valence-corrected chi connectivity index (χ1v) is 14.6. The van der Waals surface area contributed by atoms with Crippen molar-refractivity contribution in [3.05, 3.63) is 73.1 Å². The number of carbonyl (C=O) groups is 4. The zero-order valence-electron chi connectivity index (χ0n) is 23.5. The van der Waals surface area contributed by atoms with Crippen LogP contribution in [0.1, 0.15) is 25.7 Å². The van der Waals surface area contributed by atoms with Gasteiger partial charge in [0, 0.05) is 58.8 Å². The molecule has 2 atom stereocenters. The number of ketones is 2. The highest BCUT2D eigenvalue weighted by Gasteiger charge is 2.38. The normalized spacial score (nSPS) is 19.0. The molecular weight excluding hydrogens is 626 g/mol. The molecule has 0 bridgehead atoms. The van der Waals surface area contributed by atoms with Crippen molar-refractivity contribution in [2.75, 3.05) is 23.7 Å². The minimum Gasteiger partial charge on any atom is -0.365 e. The summed E-state index contributed by atoms with van der Waals surface area (Å²) in [5, 5.41) is 5.50. The molecule has 0 saturated carbocycles. The highest BCUT2D eigenvalue weighted by molar-refractivity contribution is 7.99. The summed E-state index contributed by atoms with van der Waals surface area (Å²) in [6, 6.07) is 12.4. The van der Waals surface area contributed by atoms with Crippen LogP contribution >= 0.6 is 11.8 Å². The average molecular weight is 655 g/mol. The number of hydrogen-bond acceptors (Lipinski definition) is 7. The van der Waals surface area contributed by atoms with E-state index >= 15 is 0 Å². The number of rotatable bonds is 10. The van der Waals surface area contributed by atoms with E-state index in [9.17, 15) is 45.5 Å². The largest absolute Gasteiger partial charge is 0.454 e. The van der Waals surface area contributed by atoms with Crippen molar-refractivity contribution in [2.24, 2.45) is 0 Å². The van der Waals surface area contributed by atoms with E-state index in [0.29, 0.717) is 62.3 Å². The first kappa shape index (κ1) is 33.6. The Kier molecular flexibility index (Phi) is 10.6. The second-order valence-corrected chi connectivity index (χ2v) is 11.4. The first-order valence-electron chi connectivity index (χ1n) is 13.8. The lowest BCUT2D eigenvalue weighted by Crippen LogP contribution is -2.36. The van der Waals surface area contributed by atoms with Gasteiger partial charge in [0.25, 0.3) is 11.6 Å². The van der Waals surface area contributed by atoms with Crippen LogP contribution in [-0.4, -0.2) is 70.7 Å². The second kappa shape index (κ2) is 14.2. The van der Waals surface area contributed by atoms with Gasteiger partial charge in [0.1, 0.15) is 12.1 Å². The zero-order valence-corrected chi connectivity index (χ0v) is 24.3. The van der Waals surface area contributed by atoms with Gasteiger partial charge in [-0.2, -0.15) is 26.3 Å². The summed E-state index contributed by atoms with van der Waals surface area (Å²) in [5.74, 6) is -4.78. The number of allylic oxidation sites excluding steroid dienone is 2. The Hall–Kier alpha value is -4.27. The topological polar surface area (TPSA) is 98.8 Å².